The van der Waals surface area contributed by atoms with Crippen LogP contribution in [0.15, 0.2) is 77.8 Å². The van der Waals surface area contributed by atoms with Gasteiger partial charge < -0.3 is 20.1 Å². The molecule has 0 saturated carbocycles. The van der Waals surface area contributed by atoms with Gasteiger partial charge in [0.25, 0.3) is 0 Å². The molecule has 0 saturated heterocycles. The Morgan fingerprint density at radius 2 is 1.76 bits per heavy atom. The smallest absolute Gasteiger partial charge is 0.338 e. The van der Waals surface area contributed by atoms with Crippen molar-refractivity contribution in [2.75, 3.05) is 32.6 Å². The number of fused-ring (bicyclic) bond motifs is 1. The van der Waals surface area contributed by atoms with Crippen LogP contribution in [0, 0.1) is 0 Å². The fourth-order valence-corrected chi connectivity index (χ4v) is 3.97. The summed E-state index contributed by atoms with van der Waals surface area (Å²) in [7, 11) is 4.04. The molecular formula is C27H27N3O4. The number of carbonyl (C=O) groups is 2. The zero-order valence-electron chi connectivity index (χ0n) is 19.2. The number of nitrogens with one attached hydrogen (secondary N) is 1. The summed E-state index contributed by atoms with van der Waals surface area (Å²) in [6.07, 6.45) is 0. The van der Waals surface area contributed by atoms with Crippen LogP contribution in [0.2, 0.25) is 0 Å². The highest BCUT2D eigenvalue weighted by molar-refractivity contribution is 6.24. The Balaban J connectivity index is 1.72. The van der Waals surface area contributed by atoms with Crippen molar-refractivity contribution < 1.29 is 19.4 Å². The lowest BCUT2D eigenvalue weighted by atomic mass is 9.90. The Bertz CT molecular complexity index is 1200. The highest BCUT2D eigenvalue weighted by atomic mass is 16.5. The van der Waals surface area contributed by atoms with E-state index in [1.807, 2.05) is 68.7 Å². The Morgan fingerprint density at radius 3 is 2.44 bits per heavy atom. The molecule has 1 heterocycles. The molecule has 0 spiro atoms. The van der Waals surface area contributed by atoms with Crippen molar-refractivity contribution in [3.05, 3.63) is 95.1 Å². The summed E-state index contributed by atoms with van der Waals surface area (Å²) < 4.78 is 4.99. The van der Waals surface area contributed by atoms with Gasteiger partial charge in [-0.2, -0.15) is 0 Å². The molecule has 34 heavy (non-hydrogen) atoms. The summed E-state index contributed by atoms with van der Waals surface area (Å²) in [6.45, 7) is 0.503. The molecule has 7 heteroatoms. The average molecular weight is 458 g/mol. The molecule has 174 valence electrons. The lowest BCUT2D eigenvalue weighted by molar-refractivity contribution is -0.115. The van der Waals surface area contributed by atoms with E-state index in [1.165, 1.54) is 5.56 Å². The molecule has 1 atom stereocenters. The zero-order chi connectivity index (χ0) is 24.1. The number of aliphatic hydroxyl groups excluding tert-OH is 1. The molecule has 4 rings (SSSR count). The Kier molecular flexibility index (Phi) is 7.15. The number of anilines is 1. The molecule has 2 N–H and O–H groups in total. The quantitative estimate of drug-likeness (QED) is 0.397. The number of aliphatic hydroxyl groups is 1. The van der Waals surface area contributed by atoms with E-state index < -0.39 is 11.9 Å². The highest BCUT2D eigenvalue weighted by Gasteiger charge is 2.36. The van der Waals surface area contributed by atoms with Crippen LogP contribution in [0.1, 0.15) is 33.0 Å². The summed E-state index contributed by atoms with van der Waals surface area (Å²) in [5.41, 5.74) is 5.02. The van der Waals surface area contributed by atoms with Gasteiger partial charge in [-0.1, -0.05) is 48.5 Å². The number of carbonyl (C=O) groups excluding carboxylic acids is 2. The standard InChI is InChI=1S/C27H27N3O4/c1-30(2)17-18-8-11-21(12-9-18)28-25(19-6-4-3-5-7-19)24-22-13-10-20(27(33)34-15-14-31)16-23(22)29-26(24)32/h3-13,16,24,31H,14-15,17H2,1-2H3,(H,29,32). The van der Waals surface area contributed by atoms with Crippen molar-refractivity contribution in [1.29, 1.82) is 0 Å². The molecule has 0 bridgehead atoms. The lowest BCUT2D eigenvalue weighted by Crippen LogP contribution is -2.21. The van der Waals surface area contributed by atoms with Crippen molar-refractivity contribution in [1.82, 2.24) is 4.90 Å². The fraction of sp³-hybridized carbons (Fsp3) is 0.222. The molecule has 7 nitrogen and oxygen atoms in total. The molecular weight excluding hydrogens is 430 g/mol. The molecule has 0 radical (unpaired) electrons. The van der Waals surface area contributed by atoms with Crippen molar-refractivity contribution in [2.24, 2.45) is 4.99 Å². The van der Waals surface area contributed by atoms with Crippen LogP contribution >= 0.6 is 0 Å². The van der Waals surface area contributed by atoms with Crippen LogP contribution in [0.5, 0.6) is 0 Å². The van der Waals surface area contributed by atoms with E-state index in [-0.39, 0.29) is 19.1 Å². The first-order valence-electron chi connectivity index (χ1n) is 11.1. The van der Waals surface area contributed by atoms with E-state index in [4.69, 9.17) is 14.8 Å². The van der Waals surface area contributed by atoms with Gasteiger partial charge in [-0.05, 0) is 55.1 Å². The van der Waals surface area contributed by atoms with E-state index in [9.17, 15) is 9.59 Å². The topological polar surface area (TPSA) is 91.2 Å². The summed E-state index contributed by atoms with van der Waals surface area (Å²) in [4.78, 5) is 32.3. The predicted molar refractivity (Wildman–Crippen MR) is 132 cm³/mol. The van der Waals surface area contributed by atoms with Crippen LogP contribution < -0.4 is 5.32 Å². The van der Waals surface area contributed by atoms with E-state index >= 15 is 0 Å². The minimum Gasteiger partial charge on any atom is -0.460 e. The number of esters is 1. The number of aliphatic imine (C=N–C) groups is 1. The van der Waals surface area contributed by atoms with E-state index in [0.29, 0.717) is 17.0 Å². The van der Waals surface area contributed by atoms with E-state index in [0.717, 1.165) is 23.4 Å². The third kappa shape index (κ3) is 5.22. The van der Waals surface area contributed by atoms with Crippen LogP contribution in [0.25, 0.3) is 0 Å². The molecule has 0 fully saturated rings. The molecule has 1 aliphatic heterocycles. The van der Waals surface area contributed by atoms with Gasteiger partial charge in [0, 0.05) is 12.2 Å². The minimum atomic E-state index is -0.624. The second-order valence-corrected chi connectivity index (χ2v) is 8.35. The second kappa shape index (κ2) is 10.4. The maximum atomic E-state index is 13.1. The molecule has 3 aromatic carbocycles. The van der Waals surface area contributed by atoms with Gasteiger partial charge in [0.15, 0.2) is 0 Å². The number of hydrogen-bond donors (Lipinski definition) is 2. The third-order valence-corrected chi connectivity index (χ3v) is 5.47. The van der Waals surface area contributed by atoms with Gasteiger partial charge in [0.2, 0.25) is 5.91 Å². The first-order valence-corrected chi connectivity index (χ1v) is 11.1. The Morgan fingerprint density at radius 1 is 1.03 bits per heavy atom. The van der Waals surface area contributed by atoms with Crippen molar-refractivity contribution in [3.63, 3.8) is 0 Å². The normalized spacial score (nSPS) is 15.2. The number of benzene rings is 3. The summed E-state index contributed by atoms with van der Waals surface area (Å²) in [6, 6.07) is 22.6. The maximum absolute atomic E-state index is 13.1. The second-order valence-electron chi connectivity index (χ2n) is 8.35. The Hall–Kier alpha value is -3.81. The largest absolute Gasteiger partial charge is 0.460 e. The van der Waals surface area contributed by atoms with Crippen LogP contribution in [0.3, 0.4) is 0 Å². The molecule has 0 aliphatic carbocycles. The maximum Gasteiger partial charge on any atom is 0.338 e. The summed E-state index contributed by atoms with van der Waals surface area (Å²) in [5.74, 6) is -1.38. The molecule has 1 aliphatic rings. The minimum absolute atomic E-state index is 0.0803. The SMILES string of the molecule is CN(C)Cc1ccc(N=C(c2ccccc2)C2C(=O)Nc3cc(C(=O)OCCO)ccc32)cc1. The lowest BCUT2D eigenvalue weighted by Gasteiger charge is -2.14. The van der Waals surface area contributed by atoms with E-state index in [1.54, 1.807) is 18.2 Å². The number of ether oxygens (including phenoxy) is 1. The number of hydrogen-bond acceptors (Lipinski definition) is 6. The number of rotatable bonds is 8. The fourth-order valence-electron chi connectivity index (χ4n) is 3.97. The van der Waals surface area contributed by atoms with Crippen molar-refractivity contribution >= 4 is 29.0 Å². The van der Waals surface area contributed by atoms with Crippen LogP contribution in [-0.4, -0.2) is 54.9 Å². The first kappa shape index (κ1) is 23.4. The van der Waals surface area contributed by atoms with Crippen molar-refractivity contribution in [3.8, 4) is 0 Å². The highest BCUT2D eigenvalue weighted by Crippen LogP contribution is 2.37. The van der Waals surface area contributed by atoms with Gasteiger partial charge in [-0.3, -0.25) is 9.79 Å². The average Bonchev–Trinajstić information content (AvgIpc) is 3.17. The molecule has 1 amide bonds. The third-order valence-electron chi connectivity index (χ3n) is 5.47. The van der Waals surface area contributed by atoms with Crippen molar-refractivity contribution in [2.45, 2.75) is 12.5 Å². The molecule has 3 aromatic rings. The van der Waals surface area contributed by atoms with Gasteiger partial charge in [0.05, 0.1) is 23.6 Å². The first-order chi connectivity index (χ1) is 16.5. The zero-order valence-corrected chi connectivity index (χ0v) is 19.2. The molecule has 0 aromatic heterocycles. The van der Waals surface area contributed by atoms with Gasteiger partial charge in [-0.15, -0.1) is 0 Å². The molecule has 1 unspecified atom stereocenters. The van der Waals surface area contributed by atoms with Gasteiger partial charge in [-0.25, -0.2) is 4.79 Å². The summed E-state index contributed by atoms with van der Waals surface area (Å²) in [5, 5.41) is 11.8. The summed E-state index contributed by atoms with van der Waals surface area (Å²) >= 11 is 0. The van der Waals surface area contributed by atoms with Gasteiger partial charge in [0.1, 0.15) is 12.5 Å². The van der Waals surface area contributed by atoms with Crippen LogP contribution in [0.4, 0.5) is 11.4 Å². The van der Waals surface area contributed by atoms with Gasteiger partial charge >= 0.3 is 5.97 Å². The monoisotopic (exact) mass is 457 g/mol. The number of amides is 1. The predicted octanol–water partition coefficient (Wildman–Crippen LogP) is 3.75. The Labute approximate surface area is 198 Å². The van der Waals surface area contributed by atoms with E-state index in [2.05, 4.69) is 10.2 Å². The number of nitrogens with zero attached hydrogens (tertiary/aromatic N) is 2. The van der Waals surface area contributed by atoms with Crippen LogP contribution in [-0.2, 0) is 16.1 Å².